The zero-order chi connectivity index (χ0) is 24.6. The van der Waals surface area contributed by atoms with Crippen molar-refractivity contribution in [2.24, 2.45) is 17.3 Å². The number of carboxylic acid groups (broad SMARTS) is 1. The van der Waals surface area contributed by atoms with Crippen molar-refractivity contribution >= 4 is 17.9 Å². The lowest BCUT2D eigenvalue weighted by atomic mass is 9.55. The van der Waals surface area contributed by atoms with Gasteiger partial charge in [0.1, 0.15) is 11.9 Å². The molecule has 0 aromatic heterocycles. The Morgan fingerprint density at radius 2 is 1.80 bits per heavy atom. The smallest absolute Gasteiger partial charge is 0.343 e. The molecule has 0 heterocycles. The van der Waals surface area contributed by atoms with Crippen molar-refractivity contribution in [3.05, 3.63) is 65.2 Å². The van der Waals surface area contributed by atoms with Crippen molar-refractivity contribution in [3.8, 4) is 5.75 Å². The Labute approximate surface area is 205 Å². The van der Waals surface area contributed by atoms with E-state index in [1.807, 2.05) is 30.3 Å². The molecule has 6 heteroatoms. The van der Waals surface area contributed by atoms with E-state index in [0.29, 0.717) is 29.1 Å². The van der Waals surface area contributed by atoms with Gasteiger partial charge in [0, 0.05) is 5.41 Å². The molecule has 0 radical (unpaired) electrons. The van der Waals surface area contributed by atoms with Crippen LogP contribution in [-0.4, -0.2) is 29.1 Å². The van der Waals surface area contributed by atoms with Crippen molar-refractivity contribution in [1.82, 2.24) is 0 Å². The van der Waals surface area contributed by atoms with E-state index in [0.717, 1.165) is 38.5 Å². The summed E-state index contributed by atoms with van der Waals surface area (Å²) in [5.74, 6) is 0.374. The first-order valence-electron chi connectivity index (χ1n) is 12.7. The van der Waals surface area contributed by atoms with Crippen molar-refractivity contribution in [2.45, 2.75) is 70.3 Å². The summed E-state index contributed by atoms with van der Waals surface area (Å²) in [5, 5.41) is 8.85. The van der Waals surface area contributed by atoms with Gasteiger partial charge in [0.2, 0.25) is 0 Å². The first-order chi connectivity index (χ1) is 16.8. The molecular formula is C29H32O6. The molecule has 0 saturated heterocycles. The molecule has 1 N–H and O–H groups in total. The number of rotatable bonds is 6. The lowest BCUT2D eigenvalue weighted by molar-refractivity contribution is -0.159. The third kappa shape index (κ3) is 4.58. The number of aliphatic carboxylic acids is 1. The van der Waals surface area contributed by atoms with Crippen LogP contribution in [0.5, 0.6) is 5.75 Å². The minimum atomic E-state index is -0.975. The van der Waals surface area contributed by atoms with E-state index < -0.39 is 11.9 Å². The molecule has 184 valence electrons. The van der Waals surface area contributed by atoms with E-state index in [-0.39, 0.29) is 30.3 Å². The van der Waals surface area contributed by atoms with Crippen LogP contribution in [-0.2, 0) is 20.7 Å². The summed E-state index contributed by atoms with van der Waals surface area (Å²) in [6, 6.07) is 15.1. The van der Waals surface area contributed by atoms with E-state index in [2.05, 4.69) is 13.0 Å². The molecule has 2 fully saturated rings. The summed E-state index contributed by atoms with van der Waals surface area (Å²) in [7, 11) is 0. The van der Waals surface area contributed by atoms with Gasteiger partial charge in [-0.25, -0.2) is 4.79 Å². The molecule has 5 rings (SSSR count). The maximum Gasteiger partial charge on any atom is 0.343 e. The summed E-state index contributed by atoms with van der Waals surface area (Å²) >= 11 is 0. The Bertz CT molecular complexity index is 1130. The van der Waals surface area contributed by atoms with Crippen LogP contribution in [0.3, 0.4) is 0 Å². The number of carboxylic acids is 1. The summed E-state index contributed by atoms with van der Waals surface area (Å²) in [4.78, 5) is 35.5. The monoisotopic (exact) mass is 476 g/mol. The van der Waals surface area contributed by atoms with Gasteiger partial charge in [0.25, 0.3) is 0 Å². The lowest BCUT2D eigenvalue weighted by Crippen LogP contribution is -2.45. The Morgan fingerprint density at radius 1 is 1.00 bits per heavy atom. The van der Waals surface area contributed by atoms with Crippen LogP contribution in [0.4, 0.5) is 0 Å². The Kier molecular flexibility index (Phi) is 6.39. The molecule has 2 saturated carbocycles. The van der Waals surface area contributed by atoms with Gasteiger partial charge in [-0.1, -0.05) is 31.2 Å². The number of carbonyl (C=O) groups is 3. The van der Waals surface area contributed by atoms with Crippen LogP contribution in [0.2, 0.25) is 0 Å². The van der Waals surface area contributed by atoms with Crippen LogP contribution in [0.25, 0.3) is 0 Å². The standard InChI is InChI=1S/C29H32O6/c1-29-16-15-22-21-10-8-20(34-28(33)18-5-3-2-4-6-18)17-19(21)7-9-23(22)24(29)11-12-25(29)35-27(32)14-13-26(30)31/h2-6,8,10,17,22-25H,7,9,11-16H2,1H3,(H,30,31). The highest BCUT2D eigenvalue weighted by Crippen LogP contribution is 2.61. The molecule has 35 heavy (non-hydrogen) atoms. The first-order valence-corrected chi connectivity index (χ1v) is 12.7. The molecule has 3 aliphatic rings. The molecule has 0 amide bonds. The number of carbonyl (C=O) groups excluding carboxylic acids is 2. The SMILES string of the molecule is CC12CCC3c4ccc(OC(=O)c5ccccc5)cc4CCC3C1CCC2OC(=O)CCC(=O)O. The van der Waals surface area contributed by atoms with E-state index >= 15 is 0 Å². The average molecular weight is 477 g/mol. The molecule has 6 nitrogen and oxygen atoms in total. The average Bonchev–Trinajstić information content (AvgIpc) is 3.19. The minimum Gasteiger partial charge on any atom is -0.481 e. The van der Waals surface area contributed by atoms with Gasteiger partial charge in [-0.3, -0.25) is 9.59 Å². The van der Waals surface area contributed by atoms with Crippen molar-refractivity contribution in [2.75, 3.05) is 0 Å². The fraction of sp³-hybridized carbons (Fsp3) is 0.483. The van der Waals surface area contributed by atoms with Crippen molar-refractivity contribution < 1.29 is 29.0 Å². The maximum atomic E-state index is 12.5. The second-order valence-corrected chi connectivity index (χ2v) is 10.5. The second-order valence-electron chi connectivity index (χ2n) is 10.5. The quantitative estimate of drug-likeness (QED) is 0.435. The topological polar surface area (TPSA) is 89.9 Å². The highest BCUT2D eigenvalue weighted by atomic mass is 16.5. The number of hydrogen-bond acceptors (Lipinski definition) is 5. The summed E-state index contributed by atoms with van der Waals surface area (Å²) < 4.78 is 11.5. The zero-order valence-electron chi connectivity index (χ0n) is 20.1. The number of benzene rings is 2. The molecule has 2 aromatic rings. The molecule has 5 unspecified atom stereocenters. The molecule has 0 spiro atoms. The van der Waals surface area contributed by atoms with Gasteiger partial charge >= 0.3 is 17.9 Å². The van der Waals surface area contributed by atoms with Gasteiger partial charge in [-0.2, -0.15) is 0 Å². The largest absolute Gasteiger partial charge is 0.481 e. The predicted octanol–water partition coefficient (Wildman–Crippen LogP) is 5.54. The number of aryl methyl sites for hydroxylation is 1. The van der Waals surface area contributed by atoms with E-state index in [9.17, 15) is 14.4 Å². The van der Waals surface area contributed by atoms with Gasteiger partial charge in [-0.15, -0.1) is 0 Å². The van der Waals surface area contributed by atoms with Crippen LogP contribution in [0, 0.1) is 17.3 Å². The molecule has 3 aliphatic carbocycles. The fourth-order valence-electron chi connectivity index (χ4n) is 6.93. The lowest BCUT2D eigenvalue weighted by Gasteiger charge is -2.50. The van der Waals surface area contributed by atoms with E-state index in [1.54, 1.807) is 12.1 Å². The number of ether oxygens (including phenoxy) is 2. The number of fused-ring (bicyclic) bond motifs is 5. The highest BCUT2D eigenvalue weighted by Gasteiger charge is 2.56. The van der Waals surface area contributed by atoms with E-state index in [4.69, 9.17) is 14.6 Å². The first kappa shape index (κ1) is 23.6. The van der Waals surface area contributed by atoms with Gasteiger partial charge < -0.3 is 14.6 Å². The number of esters is 2. The fourth-order valence-corrected chi connectivity index (χ4v) is 6.93. The van der Waals surface area contributed by atoms with Crippen LogP contribution < -0.4 is 4.74 Å². The van der Waals surface area contributed by atoms with E-state index in [1.165, 1.54) is 11.1 Å². The Balaban J connectivity index is 1.27. The van der Waals surface area contributed by atoms with Crippen molar-refractivity contribution in [3.63, 3.8) is 0 Å². The summed E-state index contributed by atoms with van der Waals surface area (Å²) in [5.41, 5.74) is 3.12. The summed E-state index contributed by atoms with van der Waals surface area (Å²) in [6.07, 6.45) is 5.56. The van der Waals surface area contributed by atoms with Gasteiger partial charge in [0.05, 0.1) is 18.4 Å². The Hall–Kier alpha value is -3.15. The van der Waals surface area contributed by atoms with Gasteiger partial charge in [0.15, 0.2) is 0 Å². The molecule has 0 aliphatic heterocycles. The molecule has 0 bridgehead atoms. The maximum absolute atomic E-state index is 12.5. The zero-order valence-corrected chi connectivity index (χ0v) is 20.1. The third-order valence-electron chi connectivity index (χ3n) is 8.65. The van der Waals surface area contributed by atoms with Crippen molar-refractivity contribution in [1.29, 1.82) is 0 Å². The molecule has 2 aromatic carbocycles. The molecule has 5 atom stereocenters. The number of hydrogen-bond donors (Lipinski definition) is 1. The molecular weight excluding hydrogens is 444 g/mol. The second kappa shape index (κ2) is 9.48. The normalized spacial score (nSPS) is 28.8. The predicted molar refractivity (Wildman–Crippen MR) is 129 cm³/mol. The Morgan fingerprint density at radius 3 is 2.57 bits per heavy atom. The van der Waals surface area contributed by atoms with Crippen LogP contribution in [0.1, 0.15) is 79.3 Å². The van der Waals surface area contributed by atoms with Crippen LogP contribution >= 0.6 is 0 Å². The summed E-state index contributed by atoms with van der Waals surface area (Å²) in [6.45, 7) is 2.26. The minimum absolute atomic E-state index is 0.0529. The van der Waals surface area contributed by atoms with Crippen LogP contribution in [0.15, 0.2) is 48.5 Å². The third-order valence-corrected chi connectivity index (χ3v) is 8.65. The highest BCUT2D eigenvalue weighted by molar-refractivity contribution is 5.91. The van der Waals surface area contributed by atoms with Gasteiger partial charge in [-0.05, 0) is 91.7 Å².